The third kappa shape index (κ3) is 6.09. The van der Waals surface area contributed by atoms with Crippen molar-refractivity contribution in [2.75, 3.05) is 38.3 Å². The van der Waals surface area contributed by atoms with Crippen molar-refractivity contribution in [1.82, 2.24) is 9.80 Å². The molecule has 198 valence electrons. The number of hydrogen-bond donors (Lipinski definition) is 0. The van der Waals surface area contributed by atoms with E-state index in [0.717, 1.165) is 49.4 Å². The van der Waals surface area contributed by atoms with E-state index in [9.17, 15) is 9.59 Å². The van der Waals surface area contributed by atoms with Crippen molar-refractivity contribution < 1.29 is 19.1 Å². The van der Waals surface area contributed by atoms with E-state index in [1.807, 2.05) is 58.3 Å². The van der Waals surface area contributed by atoms with Gasteiger partial charge < -0.3 is 19.3 Å². The van der Waals surface area contributed by atoms with Crippen molar-refractivity contribution in [3.8, 4) is 11.5 Å². The van der Waals surface area contributed by atoms with Gasteiger partial charge in [-0.15, -0.1) is 0 Å². The van der Waals surface area contributed by atoms with E-state index in [1.54, 1.807) is 14.0 Å². The van der Waals surface area contributed by atoms with Crippen LogP contribution in [-0.2, 0) is 16.1 Å². The third-order valence-corrected chi connectivity index (χ3v) is 8.09. The molecule has 0 spiro atoms. The van der Waals surface area contributed by atoms with Crippen molar-refractivity contribution in [3.63, 3.8) is 0 Å². The fourth-order valence-electron chi connectivity index (χ4n) is 5.94. The highest BCUT2D eigenvalue weighted by atomic mass is 16.5. The largest absolute Gasteiger partial charge is 0.493 e. The summed E-state index contributed by atoms with van der Waals surface area (Å²) in [5.41, 5.74) is 1.90. The van der Waals surface area contributed by atoms with E-state index >= 15 is 0 Å². The Labute approximate surface area is 220 Å². The quantitative estimate of drug-likeness (QED) is 0.579. The van der Waals surface area contributed by atoms with Crippen molar-refractivity contribution >= 4 is 17.5 Å². The molecule has 2 fully saturated rings. The Morgan fingerprint density at radius 1 is 0.919 bits per heavy atom. The summed E-state index contributed by atoms with van der Waals surface area (Å²) in [5.74, 6) is 1.94. The average Bonchev–Trinajstić information content (AvgIpc) is 3.73. The lowest BCUT2D eigenvalue weighted by Crippen LogP contribution is -2.53. The first-order valence-electron chi connectivity index (χ1n) is 13.7. The molecule has 2 heterocycles. The van der Waals surface area contributed by atoms with Crippen LogP contribution in [0.15, 0.2) is 48.5 Å². The molecule has 7 nitrogen and oxygen atoms in total. The number of para-hydroxylation sites is 3. The van der Waals surface area contributed by atoms with Crippen LogP contribution in [0.3, 0.4) is 0 Å². The molecular weight excluding hydrogens is 466 g/mol. The van der Waals surface area contributed by atoms with Gasteiger partial charge >= 0.3 is 0 Å². The standard InChI is InChI=1S/C30H39N3O4/c1-22(34)32-17-16-25-9-7-10-26(33(25)18-23-14-15-23)20-31(19-24-8-3-4-11-27(24)32)30(35)21-37-29-13-6-5-12-28(29)36-2/h3-6,8,11-13,23,25-26H,7,9-10,14-21H2,1-2H3. The van der Waals surface area contributed by atoms with Gasteiger partial charge in [-0.05, 0) is 61.8 Å². The summed E-state index contributed by atoms with van der Waals surface area (Å²) >= 11 is 0. The summed E-state index contributed by atoms with van der Waals surface area (Å²) in [6.07, 6.45) is 6.97. The van der Waals surface area contributed by atoms with Crippen molar-refractivity contribution in [1.29, 1.82) is 0 Å². The molecule has 0 radical (unpaired) electrons. The molecular formula is C30H39N3O4. The molecule has 7 heteroatoms. The van der Waals surface area contributed by atoms with Crippen LogP contribution >= 0.6 is 0 Å². The van der Waals surface area contributed by atoms with Crippen LogP contribution in [0, 0.1) is 5.92 Å². The maximum Gasteiger partial charge on any atom is 0.260 e. The molecule has 5 rings (SSSR count). The molecule has 1 aliphatic carbocycles. The number of carbonyl (C=O) groups excluding carboxylic acids is 2. The van der Waals surface area contributed by atoms with Crippen LogP contribution in [-0.4, -0.2) is 67.0 Å². The maximum atomic E-state index is 13.7. The lowest BCUT2D eigenvalue weighted by atomic mass is 9.92. The van der Waals surface area contributed by atoms with Gasteiger partial charge in [0.15, 0.2) is 18.1 Å². The fourth-order valence-corrected chi connectivity index (χ4v) is 5.94. The lowest BCUT2D eigenvalue weighted by Gasteiger charge is -2.44. The zero-order chi connectivity index (χ0) is 25.8. The van der Waals surface area contributed by atoms with Gasteiger partial charge in [-0.2, -0.15) is 0 Å². The highest BCUT2D eigenvalue weighted by Crippen LogP contribution is 2.36. The van der Waals surface area contributed by atoms with Crippen molar-refractivity contribution in [2.24, 2.45) is 5.92 Å². The predicted octanol–water partition coefficient (Wildman–Crippen LogP) is 4.49. The number of benzene rings is 2. The van der Waals surface area contributed by atoms with Gasteiger partial charge in [0.25, 0.3) is 5.91 Å². The Kier molecular flexibility index (Phi) is 7.99. The normalized spacial score (nSPS) is 22.5. The Morgan fingerprint density at radius 2 is 1.65 bits per heavy atom. The first kappa shape index (κ1) is 25.6. The number of amides is 2. The number of hydrogen-bond acceptors (Lipinski definition) is 5. The molecule has 2 aromatic carbocycles. The van der Waals surface area contributed by atoms with Crippen molar-refractivity contribution in [2.45, 2.75) is 64.1 Å². The summed E-state index contributed by atoms with van der Waals surface area (Å²) in [4.78, 5) is 33.0. The molecule has 2 amide bonds. The van der Waals surface area contributed by atoms with Gasteiger partial charge in [-0.3, -0.25) is 14.5 Å². The Bertz CT molecular complexity index is 1100. The molecule has 0 aromatic heterocycles. The van der Waals surface area contributed by atoms with E-state index < -0.39 is 0 Å². The molecule has 3 aliphatic rings. The van der Waals surface area contributed by atoms with Gasteiger partial charge in [0.1, 0.15) is 0 Å². The zero-order valence-corrected chi connectivity index (χ0v) is 22.1. The van der Waals surface area contributed by atoms with E-state index in [2.05, 4.69) is 4.90 Å². The smallest absolute Gasteiger partial charge is 0.260 e. The number of methoxy groups -OCH3 is 1. The molecule has 37 heavy (non-hydrogen) atoms. The molecule has 1 saturated carbocycles. The lowest BCUT2D eigenvalue weighted by molar-refractivity contribution is -0.135. The van der Waals surface area contributed by atoms with Gasteiger partial charge in [0.05, 0.1) is 7.11 Å². The Balaban J connectivity index is 1.44. The number of anilines is 1. The van der Waals surface area contributed by atoms with E-state index in [-0.39, 0.29) is 18.4 Å². The van der Waals surface area contributed by atoms with Gasteiger partial charge in [-0.1, -0.05) is 36.8 Å². The number of fused-ring (bicyclic) bond motifs is 3. The predicted molar refractivity (Wildman–Crippen MR) is 144 cm³/mol. The number of nitrogens with zero attached hydrogens (tertiary/aromatic N) is 3. The zero-order valence-electron chi connectivity index (χ0n) is 22.1. The molecule has 2 unspecified atom stereocenters. The minimum absolute atomic E-state index is 0.0465. The Morgan fingerprint density at radius 3 is 2.41 bits per heavy atom. The van der Waals surface area contributed by atoms with Gasteiger partial charge in [0, 0.05) is 50.9 Å². The second-order valence-corrected chi connectivity index (χ2v) is 10.7. The molecule has 2 aromatic rings. The highest BCUT2D eigenvalue weighted by Gasteiger charge is 2.37. The maximum absolute atomic E-state index is 13.7. The first-order valence-corrected chi connectivity index (χ1v) is 13.7. The summed E-state index contributed by atoms with van der Waals surface area (Å²) in [6.45, 7) is 4.51. The molecule has 2 aliphatic heterocycles. The second-order valence-electron chi connectivity index (χ2n) is 10.7. The average molecular weight is 506 g/mol. The SMILES string of the molecule is COc1ccccc1OCC(=O)N1Cc2ccccc2N(C(C)=O)CCC2CCCC(C1)N2CC1CC1. The fraction of sp³-hybridized carbons (Fsp3) is 0.533. The minimum atomic E-state index is -0.0578. The van der Waals surface area contributed by atoms with Gasteiger partial charge in [0.2, 0.25) is 5.91 Å². The third-order valence-electron chi connectivity index (χ3n) is 8.09. The van der Waals surface area contributed by atoms with Crippen LogP contribution in [0.1, 0.15) is 51.0 Å². The van der Waals surface area contributed by atoms with E-state index in [4.69, 9.17) is 9.47 Å². The summed E-state index contributed by atoms with van der Waals surface area (Å²) in [6, 6.07) is 16.2. The molecule has 0 N–H and O–H groups in total. The topological polar surface area (TPSA) is 62.3 Å². The minimum Gasteiger partial charge on any atom is -0.493 e. The van der Waals surface area contributed by atoms with Crippen LogP contribution in [0.4, 0.5) is 5.69 Å². The number of piperidine rings is 1. The van der Waals surface area contributed by atoms with Gasteiger partial charge in [-0.25, -0.2) is 0 Å². The second kappa shape index (κ2) is 11.5. The van der Waals surface area contributed by atoms with Crippen molar-refractivity contribution in [3.05, 3.63) is 54.1 Å². The van der Waals surface area contributed by atoms with Crippen LogP contribution in [0.5, 0.6) is 11.5 Å². The van der Waals surface area contributed by atoms with E-state index in [0.29, 0.717) is 43.2 Å². The Hall–Kier alpha value is -3.06. The summed E-state index contributed by atoms with van der Waals surface area (Å²) < 4.78 is 11.4. The number of carbonyl (C=O) groups is 2. The first-order chi connectivity index (χ1) is 18.0. The molecule has 1 saturated heterocycles. The van der Waals surface area contributed by atoms with Crippen LogP contribution in [0.25, 0.3) is 0 Å². The number of ether oxygens (including phenoxy) is 2. The summed E-state index contributed by atoms with van der Waals surface area (Å²) in [7, 11) is 1.60. The molecule has 2 atom stereocenters. The van der Waals surface area contributed by atoms with Crippen LogP contribution in [0.2, 0.25) is 0 Å². The van der Waals surface area contributed by atoms with E-state index in [1.165, 1.54) is 12.8 Å². The monoisotopic (exact) mass is 505 g/mol. The molecule has 2 bridgehead atoms. The summed E-state index contributed by atoms with van der Waals surface area (Å²) in [5, 5.41) is 0. The highest BCUT2D eigenvalue weighted by molar-refractivity contribution is 5.92. The van der Waals surface area contributed by atoms with Crippen LogP contribution < -0.4 is 14.4 Å². The number of rotatable bonds is 6.